The molecule has 5 rings (SSSR count). The molecule has 2 aromatic heterocycles. The minimum absolute atomic E-state index is 0.164. The fraction of sp³-hybridized carbons (Fsp3) is 0.192. The Hall–Kier alpha value is -3.42. The molecule has 0 saturated carbocycles. The summed E-state index contributed by atoms with van der Waals surface area (Å²) in [5.74, 6) is 1.36. The number of halogens is 1. The zero-order chi connectivity index (χ0) is 23.7. The first-order chi connectivity index (χ1) is 16.6. The van der Waals surface area contributed by atoms with Gasteiger partial charge < -0.3 is 9.47 Å². The Bertz CT molecular complexity index is 1370. The fourth-order valence-corrected chi connectivity index (χ4v) is 4.98. The van der Waals surface area contributed by atoms with Crippen LogP contribution >= 0.6 is 22.9 Å². The maximum atomic E-state index is 13.4. The summed E-state index contributed by atoms with van der Waals surface area (Å²) < 4.78 is 10.9. The number of aromatic nitrogens is 1. The summed E-state index contributed by atoms with van der Waals surface area (Å²) in [6, 6.07) is 18.6. The van der Waals surface area contributed by atoms with E-state index >= 15 is 0 Å². The standard InChI is InChI=1S/C26H22ClN3O3S/c1-3-33-19-10-11-21-17(13-19)14-20(25(27)28-21)23-15-22(16-6-8-18(32-2)9-7-16)29-30(23)26(31)24-5-4-12-34-24/h4-14,23H,3,15H2,1-2H3. The number of carbonyl (C=O) groups excluding carboxylic acids is 1. The van der Waals surface area contributed by atoms with Crippen LogP contribution in [-0.2, 0) is 0 Å². The minimum Gasteiger partial charge on any atom is -0.497 e. The van der Waals surface area contributed by atoms with Crippen molar-refractivity contribution >= 4 is 45.5 Å². The van der Waals surface area contributed by atoms with E-state index in [0.717, 1.165) is 39.2 Å². The second-order valence-electron chi connectivity index (χ2n) is 7.78. The van der Waals surface area contributed by atoms with Crippen LogP contribution < -0.4 is 9.47 Å². The Morgan fingerprint density at radius 2 is 1.94 bits per heavy atom. The van der Waals surface area contributed by atoms with E-state index in [1.54, 1.807) is 13.2 Å². The van der Waals surface area contributed by atoms with E-state index in [-0.39, 0.29) is 11.9 Å². The first kappa shape index (κ1) is 22.4. The molecule has 6 nitrogen and oxygen atoms in total. The van der Waals surface area contributed by atoms with Crippen molar-refractivity contribution in [2.24, 2.45) is 5.10 Å². The molecule has 1 unspecified atom stereocenters. The zero-order valence-electron chi connectivity index (χ0n) is 18.7. The lowest BCUT2D eigenvalue weighted by atomic mass is 9.98. The number of amides is 1. The van der Waals surface area contributed by atoms with Gasteiger partial charge in [0.1, 0.15) is 16.7 Å². The molecular weight excluding hydrogens is 470 g/mol. The number of nitrogens with zero attached hydrogens (tertiary/aromatic N) is 3. The molecule has 1 amide bonds. The number of rotatable bonds is 6. The Labute approximate surface area is 206 Å². The SMILES string of the molecule is CCOc1ccc2nc(Cl)c(C3CC(c4ccc(OC)cc4)=NN3C(=O)c3cccs3)cc2c1. The summed E-state index contributed by atoms with van der Waals surface area (Å²) in [6.07, 6.45) is 0.515. The average molecular weight is 492 g/mol. The number of hydrazone groups is 1. The molecular formula is C26H22ClN3O3S. The Morgan fingerprint density at radius 3 is 2.65 bits per heavy atom. The van der Waals surface area contributed by atoms with E-state index in [4.69, 9.17) is 26.2 Å². The van der Waals surface area contributed by atoms with Crippen LogP contribution in [0.1, 0.15) is 40.2 Å². The monoisotopic (exact) mass is 491 g/mol. The van der Waals surface area contributed by atoms with E-state index in [1.807, 2.05) is 66.9 Å². The first-order valence-electron chi connectivity index (χ1n) is 10.9. The van der Waals surface area contributed by atoms with E-state index < -0.39 is 0 Å². The molecule has 0 aliphatic carbocycles. The third-order valence-corrected chi connectivity index (χ3v) is 6.87. The summed E-state index contributed by atoms with van der Waals surface area (Å²) in [5.41, 5.74) is 3.25. The summed E-state index contributed by atoms with van der Waals surface area (Å²) >= 11 is 8.06. The molecule has 0 radical (unpaired) electrons. The van der Waals surface area contributed by atoms with Crippen molar-refractivity contribution in [1.29, 1.82) is 0 Å². The molecule has 2 aromatic carbocycles. The largest absolute Gasteiger partial charge is 0.497 e. The molecule has 0 fully saturated rings. The first-order valence-corrected chi connectivity index (χ1v) is 12.1. The van der Waals surface area contributed by atoms with Gasteiger partial charge >= 0.3 is 0 Å². The van der Waals surface area contributed by atoms with Gasteiger partial charge in [0.15, 0.2) is 0 Å². The van der Waals surface area contributed by atoms with Crippen LogP contribution in [0.25, 0.3) is 10.9 Å². The molecule has 4 aromatic rings. The van der Waals surface area contributed by atoms with Crippen molar-refractivity contribution in [1.82, 2.24) is 9.99 Å². The van der Waals surface area contributed by atoms with Crippen LogP contribution in [0.4, 0.5) is 0 Å². The molecule has 0 saturated heterocycles. The molecule has 1 aliphatic rings. The zero-order valence-corrected chi connectivity index (χ0v) is 20.3. The number of hydrogen-bond acceptors (Lipinski definition) is 6. The summed E-state index contributed by atoms with van der Waals surface area (Å²) in [5, 5.41) is 9.42. The smallest absolute Gasteiger partial charge is 0.284 e. The van der Waals surface area contributed by atoms with Crippen LogP contribution in [0, 0.1) is 0 Å². The second kappa shape index (κ2) is 9.44. The van der Waals surface area contributed by atoms with E-state index in [0.29, 0.717) is 23.1 Å². The van der Waals surface area contributed by atoms with Crippen molar-refractivity contribution in [3.05, 3.63) is 87.2 Å². The quantitative estimate of drug-likeness (QED) is 0.295. The minimum atomic E-state index is -0.383. The maximum absolute atomic E-state index is 13.4. The van der Waals surface area contributed by atoms with Crippen molar-refractivity contribution in [2.45, 2.75) is 19.4 Å². The van der Waals surface area contributed by atoms with Gasteiger partial charge in [0.05, 0.1) is 35.9 Å². The number of methoxy groups -OCH3 is 1. The number of hydrogen-bond donors (Lipinski definition) is 0. The van der Waals surface area contributed by atoms with E-state index in [1.165, 1.54) is 16.3 Å². The molecule has 172 valence electrons. The van der Waals surface area contributed by atoms with Gasteiger partial charge in [-0.15, -0.1) is 11.3 Å². The average Bonchev–Trinajstić information content (AvgIpc) is 3.54. The molecule has 1 aliphatic heterocycles. The molecule has 1 atom stereocenters. The second-order valence-corrected chi connectivity index (χ2v) is 9.08. The number of fused-ring (bicyclic) bond motifs is 1. The van der Waals surface area contributed by atoms with Crippen LogP contribution in [0.2, 0.25) is 5.15 Å². The van der Waals surface area contributed by atoms with Gasteiger partial charge in [0, 0.05) is 17.4 Å². The number of pyridine rings is 1. The van der Waals surface area contributed by atoms with Gasteiger partial charge in [-0.25, -0.2) is 9.99 Å². The highest BCUT2D eigenvalue weighted by Gasteiger charge is 2.35. The van der Waals surface area contributed by atoms with Crippen LogP contribution in [-0.4, -0.2) is 35.3 Å². The third-order valence-electron chi connectivity index (χ3n) is 5.71. The maximum Gasteiger partial charge on any atom is 0.284 e. The summed E-state index contributed by atoms with van der Waals surface area (Å²) in [6.45, 7) is 2.52. The van der Waals surface area contributed by atoms with Crippen molar-refractivity contribution in [2.75, 3.05) is 13.7 Å². The normalized spacial score (nSPS) is 15.4. The predicted octanol–water partition coefficient (Wildman–Crippen LogP) is 6.35. The Morgan fingerprint density at radius 1 is 1.15 bits per heavy atom. The Balaban J connectivity index is 1.57. The van der Waals surface area contributed by atoms with Gasteiger partial charge in [-0.2, -0.15) is 5.10 Å². The van der Waals surface area contributed by atoms with Crippen LogP contribution in [0.5, 0.6) is 11.5 Å². The topological polar surface area (TPSA) is 64.0 Å². The van der Waals surface area contributed by atoms with Crippen LogP contribution in [0.3, 0.4) is 0 Å². The van der Waals surface area contributed by atoms with Gasteiger partial charge in [-0.1, -0.05) is 17.7 Å². The number of carbonyl (C=O) groups is 1. The van der Waals surface area contributed by atoms with Crippen molar-refractivity contribution in [3.63, 3.8) is 0 Å². The third kappa shape index (κ3) is 4.24. The molecule has 0 spiro atoms. The van der Waals surface area contributed by atoms with Gasteiger partial charge in [-0.3, -0.25) is 4.79 Å². The molecule has 0 bridgehead atoms. The lowest BCUT2D eigenvalue weighted by Gasteiger charge is -2.22. The molecule has 3 heterocycles. The van der Waals surface area contributed by atoms with Gasteiger partial charge in [0.2, 0.25) is 0 Å². The van der Waals surface area contributed by atoms with Crippen LogP contribution in [0.15, 0.2) is 71.1 Å². The highest BCUT2D eigenvalue weighted by atomic mass is 35.5. The number of ether oxygens (including phenoxy) is 2. The summed E-state index contributed by atoms with van der Waals surface area (Å²) in [7, 11) is 1.63. The van der Waals surface area contributed by atoms with Crippen molar-refractivity contribution in [3.8, 4) is 11.5 Å². The fourth-order valence-electron chi connectivity index (χ4n) is 4.05. The van der Waals surface area contributed by atoms with Gasteiger partial charge in [-0.05, 0) is 72.5 Å². The molecule has 0 N–H and O–H groups in total. The van der Waals surface area contributed by atoms with E-state index in [2.05, 4.69) is 4.98 Å². The molecule has 8 heteroatoms. The highest BCUT2D eigenvalue weighted by Crippen LogP contribution is 2.39. The lowest BCUT2D eigenvalue weighted by molar-refractivity contribution is 0.0716. The van der Waals surface area contributed by atoms with Crippen molar-refractivity contribution < 1.29 is 14.3 Å². The summed E-state index contributed by atoms with van der Waals surface area (Å²) in [4.78, 5) is 18.6. The molecule has 34 heavy (non-hydrogen) atoms. The van der Waals surface area contributed by atoms with E-state index in [9.17, 15) is 4.79 Å². The number of thiophene rings is 1. The highest BCUT2D eigenvalue weighted by molar-refractivity contribution is 7.12. The lowest BCUT2D eigenvalue weighted by Crippen LogP contribution is -2.26. The van der Waals surface area contributed by atoms with Gasteiger partial charge in [0.25, 0.3) is 5.91 Å². The predicted molar refractivity (Wildman–Crippen MR) is 135 cm³/mol. The number of benzene rings is 2. The Kier molecular flexibility index (Phi) is 6.22.